The first-order chi connectivity index (χ1) is 7.36. The third-order valence-corrected chi connectivity index (χ3v) is 2.48. The maximum Gasteiger partial charge on any atom is 0.0716 e. The van der Waals surface area contributed by atoms with Gasteiger partial charge in [0.05, 0.1) is 12.7 Å². The molecule has 0 heterocycles. The summed E-state index contributed by atoms with van der Waals surface area (Å²) in [5, 5.41) is 0. The largest absolute Gasteiger partial charge is 0.381 e. The number of methoxy groups -OCH3 is 1. The monoisotopic (exact) mass is 208 g/mol. The van der Waals surface area contributed by atoms with Gasteiger partial charge in [-0.05, 0) is 18.4 Å². The minimum Gasteiger partial charge on any atom is -0.381 e. The summed E-state index contributed by atoms with van der Waals surface area (Å²) in [5.74, 6) is 0. The first-order valence-electron chi connectivity index (χ1n) is 5.51. The summed E-state index contributed by atoms with van der Waals surface area (Å²) in [7, 11) is 1.76. The molecule has 0 N–H and O–H groups in total. The molecule has 2 nitrogen and oxygen atoms in total. The predicted octanol–water partition coefficient (Wildman–Crippen LogP) is 3.02. The number of hydrogen-bond acceptors (Lipinski definition) is 2. The first kappa shape index (κ1) is 12.2. The van der Waals surface area contributed by atoms with Crippen LogP contribution in [0.25, 0.3) is 0 Å². The fourth-order valence-electron chi connectivity index (χ4n) is 1.47. The Morgan fingerprint density at radius 1 is 1.20 bits per heavy atom. The van der Waals surface area contributed by atoms with E-state index in [1.165, 1.54) is 5.56 Å². The van der Waals surface area contributed by atoms with E-state index in [-0.39, 0.29) is 0 Å². The third-order valence-electron chi connectivity index (χ3n) is 2.48. The molecule has 1 aromatic rings. The lowest BCUT2D eigenvalue weighted by molar-refractivity contribution is 0.0448. The second kappa shape index (κ2) is 7.43. The minimum absolute atomic E-state index is 0.334. The molecule has 0 amide bonds. The van der Waals surface area contributed by atoms with Crippen LogP contribution in [0.2, 0.25) is 0 Å². The molecule has 0 aliphatic carbocycles. The van der Waals surface area contributed by atoms with Gasteiger partial charge < -0.3 is 9.47 Å². The van der Waals surface area contributed by atoms with Crippen LogP contribution in [-0.4, -0.2) is 19.8 Å². The summed E-state index contributed by atoms with van der Waals surface area (Å²) in [6.45, 7) is 3.59. The molecule has 0 fully saturated rings. The quantitative estimate of drug-likeness (QED) is 0.641. The Bertz CT molecular complexity index is 242. The van der Waals surface area contributed by atoms with Gasteiger partial charge in [-0.2, -0.15) is 0 Å². The number of ether oxygens (including phenoxy) is 2. The Morgan fingerprint density at radius 3 is 2.53 bits per heavy atom. The van der Waals surface area contributed by atoms with Gasteiger partial charge in [-0.3, -0.25) is 0 Å². The predicted molar refractivity (Wildman–Crippen MR) is 61.8 cm³/mol. The van der Waals surface area contributed by atoms with Crippen LogP contribution < -0.4 is 0 Å². The Hall–Kier alpha value is -0.860. The van der Waals surface area contributed by atoms with E-state index in [9.17, 15) is 0 Å². The molecule has 0 aliphatic rings. The summed E-state index contributed by atoms with van der Waals surface area (Å²) in [6.07, 6.45) is 2.35. The molecule has 0 radical (unpaired) electrons. The van der Waals surface area contributed by atoms with E-state index >= 15 is 0 Å². The highest BCUT2D eigenvalue weighted by molar-refractivity contribution is 5.13. The van der Waals surface area contributed by atoms with Crippen LogP contribution in [0.15, 0.2) is 30.3 Å². The average Bonchev–Trinajstić information content (AvgIpc) is 2.31. The van der Waals surface area contributed by atoms with Gasteiger partial charge in [0.2, 0.25) is 0 Å². The van der Waals surface area contributed by atoms with Gasteiger partial charge in [0.15, 0.2) is 0 Å². The molecule has 2 heteroatoms. The Balaban J connectivity index is 2.12. The van der Waals surface area contributed by atoms with E-state index in [0.29, 0.717) is 12.7 Å². The molecule has 0 unspecified atom stereocenters. The van der Waals surface area contributed by atoms with Gasteiger partial charge in [0.1, 0.15) is 0 Å². The van der Waals surface area contributed by atoms with Crippen LogP contribution in [0.1, 0.15) is 25.3 Å². The second-order valence-corrected chi connectivity index (χ2v) is 3.59. The number of rotatable bonds is 7. The molecule has 1 rings (SSSR count). The van der Waals surface area contributed by atoms with Crippen molar-refractivity contribution in [2.45, 2.75) is 32.5 Å². The fraction of sp³-hybridized carbons (Fsp3) is 0.538. The van der Waals surface area contributed by atoms with Crippen molar-refractivity contribution in [1.82, 2.24) is 0 Å². The summed E-state index contributed by atoms with van der Waals surface area (Å²) in [6, 6.07) is 10.2. The van der Waals surface area contributed by atoms with Crippen LogP contribution >= 0.6 is 0 Å². The fourth-order valence-corrected chi connectivity index (χ4v) is 1.47. The van der Waals surface area contributed by atoms with Crippen molar-refractivity contribution in [1.29, 1.82) is 0 Å². The normalized spacial score (nSPS) is 12.7. The molecule has 0 saturated carbocycles. The lowest BCUT2D eigenvalue weighted by atomic mass is 10.2. The zero-order valence-corrected chi connectivity index (χ0v) is 9.61. The van der Waals surface area contributed by atoms with Crippen LogP contribution in [0.5, 0.6) is 0 Å². The average molecular weight is 208 g/mol. The molecule has 84 valence electrons. The molecule has 1 aromatic carbocycles. The van der Waals surface area contributed by atoms with Crippen molar-refractivity contribution < 1.29 is 9.47 Å². The van der Waals surface area contributed by atoms with Crippen LogP contribution in [-0.2, 0) is 16.1 Å². The zero-order valence-electron chi connectivity index (χ0n) is 9.61. The van der Waals surface area contributed by atoms with Gasteiger partial charge in [-0.25, -0.2) is 0 Å². The molecule has 0 spiro atoms. The second-order valence-electron chi connectivity index (χ2n) is 3.59. The highest BCUT2D eigenvalue weighted by Crippen LogP contribution is 2.04. The maximum atomic E-state index is 5.57. The van der Waals surface area contributed by atoms with Crippen LogP contribution in [0.3, 0.4) is 0 Å². The summed E-state index contributed by atoms with van der Waals surface area (Å²) in [4.78, 5) is 0. The van der Waals surface area contributed by atoms with E-state index in [2.05, 4.69) is 19.1 Å². The van der Waals surface area contributed by atoms with Gasteiger partial charge in [-0.15, -0.1) is 0 Å². The van der Waals surface area contributed by atoms with Gasteiger partial charge in [-0.1, -0.05) is 37.3 Å². The maximum absolute atomic E-state index is 5.57. The summed E-state index contributed by atoms with van der Waals surface area (Å²) >= 11 is 0. The smallest absolute Gasteiger partial charge is 0.0716 e. The number of benzene rings is 1. The molecular formula is C13H20O2. The summed E-state index contributed by atoms with van der Waals surface area (Å²) < 4.78 is 10.8. The zero-order chi connectivity index (χ0) is 10.9. The number of hydrogen-bond donors (Lipinski definition) is 0. The van der Waals surface area contributed by atoms with E-state index < -0.39 is 0 Å². The Morgan fingerprint density at radius 2 is 1.93 bits per heavy atom. The van der Waals surface area contributed by atoms with Crippen molar-refractivity contribution >= 4 is 0 Å². The molecule has 1 atom stereocenters. The van der Waals surface area contributed by atoms with Crippen molar-refractivity contribution in [2.75, 3.05) is 13.7 Å². The van der Waals surface area contributed by atoms with E-state index in [0.717, 1.165) is 19.4 Å². The van der Waals surface area contributed by atoms with Gasteiger partial charge in [0.25, 0.3) is 0 Å². The molecule has 0 aliphatic heterocycles. The van der Waals surface area contributed by atoms with E-state index in [1.807, 2.05) is 18.2 Å². The summed E-state index contributed by atoms with van der Waals surface area (Å²) in [5.41, 5.74) is 1.22. The molecule has 0 bridgehead atoms. The standard InChI is InChI=1S/C13H20O2/c1-3-13(14-2)9-10-15-11-12-7-5-4-6-8-12/h4-8,13H,3,9-11H2,1-2H3/t13-/m1/s1. The highest BCUT2D eigenvalue weighted by Gasteiger charge is 2.03. The van der Waals surface area contributed by atoms with E-state index in [4.69, 9.17) is 9.47 Å². The first-order valence-corrected chi connectivity index (χ1v) is 5.51. The lowest BCUT2D eigenvalue weighted by Crippen LogP contribution is -2.12. The van der Waals surface area contributed by atoms with Gasteiger partial charge in [0, 0.05) is 13.7 Å². The van der Waals surface area contributed by atoms with Crippen molar-refractivity contribution in [3.63, 3.8) is 0 Å². The van der Waals surface area contributed by atoms with Crippen LogP contribution in [0.4, 0.5) is 0 Å². The van der Waals surface area contributed by atoms with Crippen molar-refractivity contribution in [2.24, 2.45) is 0 Å². The topological polar surface area (TPSA) is 18.5 Å². The minimum atomic E-state index is 0.334. The van der Waals surface area contributed by atoms with E-state index in [1.54, 1.807) is 7.11 Å². The van der Waals surface area contributed by atoms with Crippen LogP contribution in [0, 0.1) is 0 Å². The molecule has 0 saturated heterocycles. The van der Waals surface area contributed by atoms with Crippen molar-refractivity contribution in [3.8, 4) is 0 Å². The molecule has 15 heavy (non-hydrogen) atoms. The SMILES string of the molecule is CC[C@H](CCOCc1ccccc1)OC. The molecule has 0 aromatic heterocycles. The Labute approximate surface area is 92.2 Å². The Kier molecular flexibility index (Phi) is 6.05. The molecular weight excluding hydrogens is 188 g/mol. The highest BCUT2D eigenvalue weighted by atomic mass is 16.5. The lowest BCUT2D eigenvalue weighted by Gasteiger charge is -2.12. The third kappa shape index (κ3) is 4.96. The van der Waals surface area contributed by atoms with Crippen molar-refractivity contribution in [3.05, 3.63) is 35.9 Å². The van der Waals surface area contributed by atoms with Gasteiger partial charge >= 0.3 is 0 Å².